The average molecular weight is 329 g/mol. The first-order valence-corrected chi connectivity index (χ1v) is 7.24. The van der Waals surface area contributed by atoms with Crippen LogP contribution in [0.15, 0.2) is 10.5 Å². The first-order chi connectivity index (χ1) is 9.92. The number of nitrogen functional groups attached to an aromatic ring is 1. The number of thiazole rings is 1. The molecule has 9 heteroatoms. The van der Waals surface area contributed by atoms with Crippen molar-refractivity contribution in [3.8, 4) is 0 Å². The Morgan fingerprint density at radius 1 is 1.32 bits per heavy atom. The van der Waals surface area contributed by atoms with E-state index in [1.807, 2.05) is 0 Å². The Bertz CT molecular complexity index is 601. The van der Waals surface area contributed by atoms with Gasteiger partial charge in [-0.15, -0.1) is 11.3 Å². The highest BCUT2D eigenvalue weighted by molar-refractivity contribution is 7.13. The molecule has 0 amide bonds. The van der Waals surface area contributed by atoms with Gasteiger partial charge >= 0.3 is 11.9 Å². The highest BCUT2D eigenvalue weighted by atomic mass is 32.1. The lowest BCUT2D eigenvalue weighted by Gasteiger charge is -2.21. The number of anilines is 1. The van der Waals surface area contributed by atoms with Crippen LogP contribution in [0.25, 0.3) is 0 Å². The molecule has 0 unspecified atom stereocenters. The Kier molecular flexibility index (Phi) is 5.13. The van der Waals surface area contributed by atoms with E-state index in [0.717, 1.165) is 0 Å². The van der Waals surface area contributed by atoms with Gasteiger partial charge in [0, 0.05) is 5.38 Å². The van der Waals surface area contributed by atoms with Crippen molar-refractivity contribution in [1.82, 2.24) is 4.98 Å². The molecule has 0 saturated heterocycles. The number of nitrogens with zero attached hydrogens (tertiary/aromatic N) is 2. The number of hydrogen-bond acceptors (Lipinski definition) is 8. The molecule has 0 radical (unpaired) electrons. The van der Waals surface area contributed by atoms with Crippen LogP contribution >= 0.6 is 11.3 Å². The Balaban J connectivity index is 2.95. The van der Waals surface area contributed by atoms with Crippen LogP contribution in [0.4, 0.5) is 5.13 Å². The molecule has 122 valence electrons. The summed E-state index contributed by atoms with van der Waals surface area (Å²) in [4.78, 5) is 32.2. The molecule has 0 aliphatic carbocycles. The number of carboxylic acids is 1. The van der Waals surface area contributed by atoms with Crippen LogP contribution in [0.1, 0.15) is 40.3 Å². The molecule has 0 atom stereocenters. The fourth-order valence-electron chi connectivity index (χ4n) is 1.26. The van der Waals surface area contributed by atoms with Crippen molar-refractivity contribution in [3.63, 3.8) is 0 Å². The van der Waals surface area contributed by atoms with E-state index in [9.17, 15) is 9.59 Å². The lowest BCUT2D eigenvalue weighted by atomic mass is 10.1. The molecular weight excluding hydrogens is 310 g/mol. The van der Waals surface area contributed by atoms with Gasteiger partial charge < -0.3 is 20.4 Å². The van der Waals surface area contributed by atoms with Crippen molar-refractivity contribution in [2.45, 2.75) is 45.8 Å². The molecular formula is C13H19N3O5S. The molecule has 1 aromatic heterocycles. The number of carbonyl (C=O) groups is 2. The summed E-state index contributed by atoms with van der Waals surface area (Å²) in [6.45, 7) is 8.10. The first kappa shape index (κ1) is 17.9. The second-order valence-electron chi connectivity index (χ2n) is 5.92. The number of aromatic nitrogens is 1. The number of nitrogens with two attached hydrogens (primary N) is 1. The molecule has 1 heterocycles. The Labute approximate surface area is 131 Å². The third-order valence-electron chi connectivity index (χ3n) is 2.30. The molecule has 3 N–H and O–H groups in total. The number of carbonyl (C=O) groups excluding carboxylic acids is 1. The summed E-state index contributed by atoms with van der Waals surface area (Å²) in [6, 6.07) is 0. The predicted molar refractivity (Wildman–Crippen MR) is 81.6 cm³/mol. The standard InChI is InChI=1S/C13H19N3O5S/c1-12(2,3)20-10(19)8(9(17)18)16-21-13(4,5)7-6-22-11(14)15-7/h6H,1-5H3,(H2,14,15)(H,17,18)/b16-8-. The van der Waals surface area contributed by atoms with Gasteiger partial charge in [-0.25, -0.2) is 14.6 Å². The molecule has 0 fully saturated rings. The van der Waals surface area contributed by atoms with E-state index in [1.54, 1.807) is 40.0 Å². The maximum Gasteiger partial charge on any atom is 0.368 e. The second kappa shape index (κ2) is 6.30. The van der Waals surface area contributed by atoms with Gasteiger partial charge in [0.05, 0.1) is 5.69 Å². The van der Waals surface area contributed by atoms with Crippen molar-refractivity contribution in [2.75, 3.05) is 5.73 Å². The highest BCUT2D eigenvalue weighted by Gasteiger charge is 2.31. The Morgan fingerprint density at radius 2 is 1.91 bits per heavy atom. The molecule has 22 heavy (non-hydrogen) atoms. The molecule has 0 spiro atoms. The second-order valence-corrected chi connectivity index (χ2v) is 6.81. The number of esters is 1. The quantitative estimate of drug-likeness (QED) is 0.365. The van der Waals surface area contributed by atoms with E-state index in [4.69, 9.17) is 20.4 Å². The van der Waals surface area contributed by atoms with Crippen LogP contribution in [0.3, 0.4) is 0 Å². The molecule has 0 aliphatic rings. The third-order valence-corrected chi connectivity index (χ3v) is 2.97. The zero-order valence-corrected chi connectivity index (χ0v) is 13.9. The molecule has 0 aliphatic heterocycles. The first-order valence-electron chi connectivity index (χ1n) is 6.36. The number of hydrogen-bond donors (Lipinski definition) is 2. The van der Waals surface area contributed by atoms with Gasteiger partial charge in [0.25, 0.3) is 5.71 Å². The van der Waals surface area contributed by atoms with Crippen molar-refractivity contribution in [1.29, 1.82) is 0 Å². The molecule has 0 aromatic carbocycles. The number of oxime groups is 1. The minimum Gasteiger partial charge on any atom is -0.476 e. The van der Waals surface area contributed by atoms with Gasteiger partial charge in [-0.3, -0.25) is 0 Å². The normalized spacial score (nSPS) is 12.9. The molecule has 1 aromatic rings. The van der Waals surface area contributed by atoms with Gasteiger partial charge in [-0.05, 0) is 34.6 Å². The number of aliphatic carboxylic acids is 1. The SMILES string of the molecule is CC(C)(C)OC(=O)/C(=N\OC(C)(C)c1csc(N)n1)C(=O)O. The molecule has 0 bridgehead atoms. The van der Waals surface area contributed by atoms with Crippen LogP contribution in [0.5, 0.6) is 0 Å². The zero-order chi connectivity index (χ0) is 17.1. The van der Waals surface area contributed by atoms with Crippen molar-refractivity contribution >= 4 is 34.1 Å². The molecule has 8 nitrogen and oxygen atoms in total. The topological polar surface area (TPSA) is 124 Å². The van der Waals surface area contributed by atoms with Gasteiger partial charge in [0.2, 0.25) is 0 Å². The average Bonchev–Trinajstić information content (AvgIpc) is 2.73. The summed E-state index contributed by atoms with van der Waals surface area (Å²) in [5, 5.41) is 14.5. The summed E-state index contributed by atoms with van der Waals surface area (Å²) in [5.41, 5.74) is 3.30. The van der Waals surface area contributed by atoms with E-state index in [0.29, 0.717) is 10.8 Å². The van der Waals surface area contributed by atoms with Crippen LogP contribution in [0, 0.1) is 0 Å². The minimum atomic E-state index is -1.54. The van der Waals surface area contributed by atoms with E-state index in [2.05, 4.69) is 10.1 Å². The van der Waals surface area contributed by atoms with Crippen LogP contribution in [-0.2, 0) is 24.8 Å². The lowest BCUT2D eigenvalue weighted by Crippen LogP contribution is -2.34. The predicted octanol–water partition coefficient (Wildman–Crippen LogP) is 1.76. The monoisotopic (exact) mass is 329 g/mol. The fourth-order valence-corrected chi connectivity index (χ4v) is 1.98. The molecule has 1 rings (SSSR count). The van der Waals surface area contributed by atoms with Crippen molar-refractivity contribution in [2.24, 2.45) is 5.16 Å². The maximum absolute atomic E-state index is 11.8. The zero-order valence-electron chi connectivity index (χ0n) is 13.0. The van der Waals surface area contributed by atoms with Crippen LogP contribution in [0.2, 0.25) is 0 Å². The fraction of sp³-hybridized carbons (Fsp3) is 0.538. The van der Waals surface area contributed by atoms with Crippen LogP contribution < -0.4 is 5.73 Å². The van der Waals surface area contributed by atoms with Crippen molar-refractivity contribution in [3.05, 3.63) is 11.1 Å². The number of carboxylic acid groups (broad SMARTS) is 1. The highest BCUT2D eigenvalue weighted by Crippen LogP contribution is 2.27. The third kappa shape index (κ3) is 4.99. The Hall–Kier alpha value is -2.16. The summed E-state index contributed by atoms with van der Waals surface area (Å²) in [6.07, 6.45) is 0. The maximum atomic E-state index is 11.8. The lowest BCUT2D eigenvalue weighted by molar-refractivity contribution is -0.148. The number of ether oxygens (including phenoxy) is 1. The van der Waals surface area contributed by atoms with E-state index in [1.165, 1.54) is 11.3 Å². The summed E-state index contributed by atoms with van der Waals surface area (Å²) in [5.74, 6) is -2.61. The van der Waals surface area contributed by atoms with E-state index in [-0.39, 0.29) is 0 Å². The van der Waals surface area contributed by atoms with Crippen molar-refractivity contribution < 1.29 is 24.3 Å². The summed E-state index contributed by atoms with van der Waals surface area (Å²) < 4.78 is 4.97. The smallest absolute Gasteiger partial charge is 0.368 e. The molecule has 0 saturated carbocycles. The Morgan fingerprint density at radius 3 is 2.32 bits per heavy atom. The minimum absolute atomic E-state index is 0.348. The van der Waals surface area contributed by atoms with Gasteiger partial charge in [-0.2, -0.15) is 0 Å². The van der Waals surface area contributed by atoms with Crippen LogP contribution in [-0.4, -0.2) is 33.3 Å². The largest absolute Gasteiger partial charge is 0.476 e. The van der Waals surface area contributed by atoms with E-state index < -0.39 is 28.9 Å². The van der Waals surface area contributed by atoms with Gasteiger partial charge in [0.15, 0.2) is 10.7 Å². The van der Waals surface area contributed by atoms with E-state index >= 15 is 0 Å². The number of rotatable bonds is 5. The van der Waals surface area contributed by atoms with Gasteiger partial charge in [0.1, 0.15) is 5.60 Å². The summed E-state index contributed by atoms with van der Waals surface area (Å²) in [7, 11) is 0. The van der Waals surface area contributed by atoms with Gasteiger partial charge in [-0.1, -0.05) is 5.16 Å². The summed E-state index contributed by atoms with van der Waals surface area (Å²) >= 11 is 1.22.